The molecule has 0 aliphatic carbocycles. The van der Waals surface area contributed by atoms with Crippen LogP contribution in [0.15, 0.2) is 29.3 Å². The highest BCUT2D eigenvalue weighted by Crippen LogP contribution is 2.19. The fourth-order valence-corrected chi connectivity index (χ4v) is 2.72. The van der Waals surface area contributed by atoms with Crippen molar-refractivity contribution in [2.45, 2.75) is 18.4 Å². The van der Waals surface area contributed by atoms with Crippen molar-refractivity contribution >= 4 is 21.6 Å². The molecule has 2 rings (SSSR count). The Morgan fingerprint density at radius 3 is 2.79 bits per heavy atom. The molecule has 102 valence electrons. The lowest BCUT2D eigenvalue weighted by molar-refractivity contribution is 0.557. The molecule has 0 bridgehead atoms. The number of H-pyrrole nitrogens is 1. The zero-order valence-electron chi connectivity index (χ0n) is 9.94. The van der Waals surface area contributed by atoms with Gasteiger partial charge in [0.25, 0.3) is 0 Å². The van der Waals surface area contributed by atoms with Gasteiger partial charge in [-0.05, 0) is 25.1 Å². The Morgan fingerprint density at radius 2 is 2.21 bits per heavy atom. The average Bonchev–Trinajstić information content (AvgIpc) is 2.72. The minimum Gasteiger partial charge on any atom is -0.283 e. The van der Waals surface area contributed by atoms with Gasteiger partial charge in [0.15, 0.2) is 0 Å². The summed E-state index contributed by atoms with van der Waals surface area (Å²) in [6, 6.07) is 3.41. The molecule has 0 fully saturated rings. The van der Waals surface area contributed by atoms with Gasteiger partial charge in [-0.25, -0.2) is 17.5 Å². The van der Waals surface area contributed by atoms with Gasteiger partial charge in [-0.15, -0.1) is 0 Å². The van der Waals surface area contributed by atoms with Gasteiger partial charge in [0.2, 0.25) is 10.0 Å². The Labute approximate surface area is 114 Å². The number of aromatic amines is 1. The van der Waals surface area contributed by atoms with Crippen LogP contribution in [0.2, 0.25) is 5.02 Å². The van der Waals surface area contributed by atoms with Crippen LogP contribution in [0.25, 0.3) is 0 Å². The third kappa shape index (κ3) is 3.12. The Kier molecular flexibility index (Phi) is 3.88. The van der Waals surface area contributed by atoms with Crippen LogP contribution in [0.5, 0.6) is 0 Å². The molecular formula is C11H11ClFN3O2S. The van der Waals surface area contributed by atoms with Crippen molar-refractivity contribution < 1.29 is 12.8 Å². The van der Waals surface area contributed by atoms with E-state index in [1.165, 1.54) is 12.3 Å². The molecule has 0 radical (unpaired) electrons. The van der Waals surface area contributed by atoms with Crippen molar-refractivity contribution in [1.29, 1.82) is 0 Å². The molecule has 19 heavy (non-hydrogen) atoms. The van der Waals surface area contributed by atoms with Crippen LogP contribution in [-0.4, -0.2) is 18.6 Å². The van der Waals surface area contributed by atoms with E-state index in [4.69, 9.17) is 11.6 Å². The lowest BCUT2D eigenvalue weighted by Crippen LogP contribution is -2.24. The number of nitrogens with zero attached hydrogens (tertiary/aromatic N) is 1. The summed E-state index contributed by atoms with van der Waals surface area (Å²) in [6.07, 6.45) is 1.51. The molecular weight excluding hydrogens is 293 g/mol. The lowest BCUT2D eigenvalue weighted by Gasteiger charge is -2.07. The molecule has 2 aromatic rings. The summed E-state index contributed by atoms with van der Waals surface area (Å²) in [5, 5.41) is 6.60. The number of hydrogen-bond acceptors (Lipinski definition) is 3. The molecule has 0 unspecified atom stereocenters. The van der Waals surface area contributed by atoms with Crippen LogP contribution in [-0.2, 0) is 16.6 Å². The Morgan fingerprint density at radius 1 is 1.47 bits per heavy atom. The van der Waals surface area contributed by atoms with Crippen molar-refractivity contribution in [3.05, 3.63) is 46.5 Å². The van der Waals surface area contributed by atoms with E-state index in [1.54, 1.807) is 6.92 Å². The van der Waals surface area contributed by atoms with E-state index in [9.17, 15) is 12.8 Å². The first-order valence-corrected chi connectivity index (χ1v) is 7.20. The lowest BCUT2D eigenvalue weighted by atomic mass is 10.3. The van der Waals surface area contributed by atoms with Gasteiger partial charge in [-0.2, -0.15) is 5.10 Å². The highest BCUT2D eigenvalue weighted by molar-refractivity contribution is 7.89. The van der Waals surface area contributed by atoms with Gasteiger partial charge in [0.05, 0.1) is 6.20 Å². The van der Waals surface area contributed by atoms with E-state index in [0.717, 1.165) is 17.8 Å². The molecule has 1 aromatic heterocycles. The zero-order chi connectivity index (χ0) is 14.0. The maximum atomic E-state index is 13.6. The largest absolute Gasteiger partial charge is 0.283 e. The van der Waals surface area contributed by atoms with Gasteiger partial charge in [0, 0.05) is 22.8 Å². The first kappa shape index (κ1) is 14.0. The standard InChI is InChI=1S/C11H11ClFN3O2S/c1-7-8(5-14-16-7)6-15-19(17,18)11-3-2-9(12)4-10(11)13/h2-5,15H,6H2,1H3,(H,14,16). The van der Waals surface area contributed by atoms with E-state index < -0.39 is 20.7 Å². The first-order valence-electron chi connectivity index (χ1n) is 5.34. The smallest absolute Gasteiger partial charge is 0.243 e. The second-order valence-electron chi connectivity index (χ2n) is 3.92. The highest BCUT2D eigenvalue weighted by Gasteiger charge is 2.19. The summed E-state index contributed by atoms with van der Waals surface area (Å²) in [6.45, 7) is 1.80. The first-order chi connectivity index (χ1) is 8.90. The predicted octanol–water partition coefficient (Wildman–Crippen LogP) is 1.99. The minimum absolute atomic E-state index is 0.0345. The van der Waals surface area contributed by atoms with E-state index in [2.05, 4.69) is 14.9 Å². The molecule has 8 heteroatoms. The average molecular weight is 304 g/mol. The monoisotopic (exact) mass is 303 g/mol. The molecule has 0 spiro atoms. The van der Waals surface area contributed by atoms with Crippen molar-refractivity contribution in [2.75, 3.05) is 0 Å². The Hall–Kier alpha value is -1.44. The molecule has 2 N–H and O–H groups in total. The van der Waals surface area contributed by atoms with Crippen LogP contribution in [0.1, 0.15) is 11.3 Å². The molecule has 0 saturated carbocycles. The summed E-state index contributed by atoms with van der Waals surface area (Å²) in [5.41, 5.74) is 1.44. The topological polar surface area (TPSA) is 74.8 Å². The van der Waals surface area contributed by atoms with Crippen LogP contribution in [0, 0.1) is 12.7 Å². The van der Waals surface area contributed by atoms with Gasteiger partial charge in [-0.1, -0.05) is 11.6 Å². The second kappa shape index (κ2) is 5.28. The van der Waals surface area contributed by atoms with Gasteiger partial charge < -0.3 is 0 Å². The van der Waals surface area contributed by atoms with Crippen LogP contribution in [0.4, 0.5) is 4.39 Å². The third-order valence-corrected chi connectivity index (χ3v) is 4.24. The number of rotatable bonds is 4. The molecule has 0 saturated heterocycles. The summed E-state index contributed by atoms with van der Waals surface area (Å²) in [5.74, 6) is -0.885. The van der Waals surface area contributed by atoms with Crippen molar-refractivity contribution in [3.8, 4) is 0 Å². The number of aromatic nitrogens is 2. The number of benzene rings is 1. The fraction of sp³-hybridized carbons (Fsp3) is 0.182. The van der Waals surface area contributed by atoms with Crippen molar-refractivity contribution in [1.82, 2.24) is 14.9 Å². The third-order valence-electron chi connectivity index (χ3n) is 2.57. The van der Waals surface area contributed by atoms with Gasteiger partial charge in [0.1, 0.15) is 10.7 Å². The molecule has 0 atom stereocenters. The quantitative estimate of drug-likeness (QED) is 0.907. The maximum Gasteiger partial charge on any atom is 0.243 e. The fourth-order valence-electron chi connectivity index (χ4n) is 1.50. The Bertz CT molecular complexity index is 700. The van der Waals surface area contributed by atoms with Crippen molar-refractivity contribution in [3.63, 3.8) is 0 Å². The van der Waals surface area contributed by atoms with Crippen LogP contribution >= 0.6 is 11.6 Å². The van der Waals surface area contributed by atoms with Gasteiger partial charge >= 0.3 is 0 Å². The summed E-state index contributed by atoms with van der Waals surface area (Å²) in [4.78, 5) is -0.432. The van der Waals surface area contributed by atoms with E-state index >= 15 is 0 Å². The molecule has 1 heterocycles. The number of nitrogens with one attached hydrogen (secondary N) is 2. The van der Waals surface area contributed by atoms with E-state index in [0.29, 0.717) is 5.56 Å². The van der Waals surface area contributed by atoms with Crippen LogP contribution < -0.4 is 4.72 Å². The minimum atomic E-state index is -3.93. The molecule has 0 aliphatic heterocycles. The highest BCUT2D eigenvalue weighted by atomic mass is 35.5. The summed E-state index contributed by atoms with van der Waals surface area (Å²) in [7, 11) is -3.93. The molecule has 5 nitrogen and oxygen atoms in total. The molecule has 0 aliphatic rings. The molecule has 0 amide bonds. The number of sulfonamides is 1. The van der Waals surface area contributed by atoms with E-state index in [1.807, 2.05) is 0 Å². The SMILES string of the molecule is Cc1[nH]ncc1CNS(=O)(=O)c1ccc(Cl)cc1F. The van der Waals surface area contributed by atoms with E-state index in [-0.39, 0.29) is 11.6 Å². The van der Waals surface area contributed by atoms with Crippen molar-refractivity contribution in [2.24, 2.45) is 0 Å². The predicted molar refractivity (Wildman–Crippen MR) is 68.8 cm³/mol. The number of halogens is 2. The zero-order valence-corrected chi connectivity index (χ0v) is 11.5. The Balaban J connectivity index is 2.21. The normalized spacial score (nSPS) is 11.7. The number of hydrogen-bond donors (Lipinski definition) is 2. The second-order valence-corrected chi connectivity index (χ2v) is 6.09. The summed E-state index contributed by atoms with van der Waals surface area (Å²) < 4.78 is 39.8. The summed E-state index contributed by atoms with van der Waals surface area (Å²) >= 11 is 5.58. The number of aryl methyl sites for hydroxylation is 1. The van der Waals surface area contributed by atoms with Crippen LogP contribution in [0.3, 0.4) is 0 Å². The molecule has 1 aromatic carbocycles. The maximum absolute atomic E-state index is 13.6. The van der Waals surface area contributed by atoms with Gasteiger partial charge in [-0.3, -0.25) is 5.10 Å².